The van der Waals surface area contributed by atoms with E-state index in [1.54, 1.807) is 6.20 Å². The minimum Gasteiger partial charge on any atom is -0.325 e. The second kappa shape index (κ2) is 6.52. The Morgan fingerprint density at radius 2 is 2.21 bits per heavy atom. The number of hydrogen-bond donors (Lipinski definition) is 1. The zero-order chi connectivity index (χ0) is 13.7. The van der Waals surface area contributed by atoms with Crippen molar-refractivity contribution in [3.8, 4) is 0 Å². The zero-order valence-electron chi connectivity index (χ0n) is 10.7. The molecular weight excluding hydrogens is 306 g/mol. The molecule has 1 aromatic carbocycles. The molecule has 1 atom stereocenters. The molecule has 0 spiro atoms. The summed E-state index contributed by atoms with van der Waals surface area (Å²) >= 11 is 3.36. The number of aromatic nitrogens is 2. The van der Waals surface area contributed by atoms with Crippen LogP contribution in [-0.4, -0.2) is 20.5 Å². The average Bonchev–Trinajstić information content (AvgIpc) is 2.93. The van der Waals surface area contributed by atoms with Crippen LogP contribution in [-0.2, 0) is 11.3 Å². The van der Waals surface area contributed by atoms with Crippen molar-refractivity contribution in [3.63, 3.8) is 0 Å². The predicted octanol–water partition coefficient (Wildman–Crippen LogP) is 3.04. The van der Waals surface area contributed by atoms with Crippen molar-refractivity contribution in [2.45, 2.75) is 24.7 Å². The van der Waals surface area contributed by atoms with E-state index in [0.29, 0.717) is 6.54 Å². The molecule has 2 aromatic rings. The number of amides is 1. The van der Waals surface area contributed by atoms with Gasteiger partial charge in [-0.1, -0.05) is 41.1 Å². The fraction of sp³-hybridized carbons (Fsp3) is 0.286. The number of benzene rings is 1. The Hall–Kier alpha value is -1.62. The molecule has 0 radical (unpaired) electrons. The lowest BCUT2D eigenvalue weighted by molar-refractivity contribution is -0.115. The van der Waals surface area contributed by atoms with E-state index in [4.69, 9.17) is 0 Å². The minimum absolute atomic E-state index is 0.0181. The molecule has 0 saturated carbocycles. The maximum Gasteiger partial charge on any atom is 0.238 e. The lowest BCUT2D eigenvalue weighted by Gasteiger charge is -2.13. The summed E-state index contributed by atoms with van der Waals surface area (Å²) < 4.78 is 1.83. The van der Waals surface area contributed by atoms with Gasteiger partial charge in [0.2, 0.25) is 5.91 Å². The summed E-state index contributed by atoms with van der Waals surface area (Å²) in [5, 5.41) is 7.12. The molecule has 1 unspecified atom stereocenters. The van der Waals surface area contributed by atoms with Crippen molar-refractivity contribution >= 4 is 27.5 Å². The molecule has 0 fully saturated rings. The van der Waals surface area contributed by atoms with Crippen LogP contribution < -0.4 is 5.32 Å². The SMILES string of the molecule is CCC(Br)C(=O)Nc1ccccc1Cn1cccn1. The van der Waals surface area contributed by atoms with E-state index < -0.39 is 0 Å². The Bertz CT molecular complexity index is 539. The molecule has 1 amide bonds. The van der Waals surface area contributed by atoms with Crippen molar-refractivity contribution in [1.82, 2.24) is 9.78 Å². The Morgan fingerprint density at radius 3 is 2.89 bits per heavy atom. The van der Waals surface area contributed by atoms with Gasteiger partial charge in [0.15, 0.2) is 0 Å². The van der Waals surface area contributed by atoms with Gasteiger partial charge in [0, 0.05) is 18.1 Å². The monoisotopic (exact) mass is 321 g/mol. The molecule has 0 aliphatic carbocycles. The topological polar surface area (TPSA) is 46.9 Å². The first-order chi connectivity index (χ1) is 9.20. The highest BCUT2D eigenvalue weighted by Crippen LogP contribution is 2.18. The molecule has 1 aromatic heterocycles. The Labute approximate surface area is 120 Å². The third-order valence-electron chi connectivity index (χ3n) is 2.81. The smallest absolute Gasteiger partial charge is 0.238 e. The van der Waals surface area contributed by atoms with Crippen LogP contribution in [0.15, 0.2) is 42.7 Å². The van der Waals surface area contributed by atoms with Crippen molar-refractivity contribution in [2.24, 2.45) is 0 Å². The Kier molecular flexibility index (Phi) is 4.74. The summed E-state index contributed by atoms with van der Waals surface area (Å²) in [5.74, 6) is -0.0181. The lowest BCUT2D eigenvalue weighted by atomic mass is 10.1. The van der Waals surface area contributed by atoms with Gasteiger partial charge in [-0.3, -0.25) is 9.48 Å². The van der Waals surface area contributed by atoms with E-state index in [9.17, 15) is 4.79 Å². The molecule has 19 heavy (non-hydrogen) atoms. The van der Waals surface area contributed by atoms with Gasteiger partial charge in [-0.15, -0.1) is 0 Å². The van der Waals surface area contributed by atoms with Crippen molar-refractivity contribution < 1.29 is 4.79 Å². The molecule has 4 nitrogen and oxygen atoms in total. The number of nitrogens with zero attached hydrogens (tertiary/aromatic N) is 2. The van der Waals surface area contributed by atoms with Crippen LogP contribution in [0.3, 0.4) is 0 Å². The van der Waals surface area contributed by atoms with Gasteiger partial charge in [0.25, 0.3) is 0 Å². The molecule has 2 rings (SSSR count). The largest absolute Gasteiger partial charge is 0.325 e. The number of carbonyl (C=O) groups excluding carboxylic acids is 1. The summed E-state index contributed by atoms with van der Waals surface area (Å²) in [6.07, 6.45) is 4.40. The molecular formula is C14H16BrN3O. The normalized spacial score (nSPS) is 12.1. The number of anilines is 1. The fourth-order valence-electron chi connectivity index (χ4n) is 1.75. The maximum absolute atomic E-state index is 11.9. The maximum atomic E-state index is 11.9. The standard InChI is InChI=1S/C14H16BrN3O/c1-2-12(15)14(19)17-13-7-4-3-6-11(13)10-18-9-5-8-16-18/h3-9,12H,2,10H2,1H3,(H,17,19). The number of alkyl halides is 1. The van der Waals surface area contributed by atoms with Gasteiger partial charge in [-0.05, 0) is 24.1 Å². The molecule has 5 heteroatoms. The van der Waals surface area contributed by atoms with E-state index in [2.05, 4.69) is 26.3 Å². The summed E-state index contributed by atoms with van der Waals surface area (Å²) in [5.41, 5.74) is 1.87. The third kappa shape index (κ3) is 3.67. The second-order valence-electron chi connectivity index (χ2n) is 4.23. The van der Waals surface area contributed by atoms with E-state index in [-0.39, 0.29) is 10.7 Å². The quantitative estimate of drug-likeness (QED) is 0.860. The van der Waals surface area contributed by atoms with Gasteiger partial charge in [-0.25, -0.2) is 0 Å². The summed E-state index contributed by atoms with van der Waals surface area (Å²) in [7, 11) is 0. The zero-order valence-corrected chi connectivity index (χ0v) is 12.3. The van der Waals surface area contributed by atoms with Crippen molar-refractivity contribution in [2.75, 3.05) is 5.32 Å². The molecule has 0 aliphatic heterocycles. The molecule has 0 aliphatic rings. The highest BCUT2D eigenvalue weighted by Gasteiger charge is 2.14. The molecule has 0 saturated heterocycles. The van der Waals surface area contributed by atoms with Crippen LogP contribution >= 0.6 is 15.9 Å². The van der Waals surface area contributed by atoms with Gasteiger partial charge in [-0.2, -0.15) is 5.10 Å². The number of rotatable bonds is 5. The van der Waals surface area contributed by atoms with E-state index in [1.807, 2.05) is 48.1 Å². The summed E-state index contributed by atoms with van der Waals surface area (Å²) in [4.78, 5) is 11.8. The second-order valence-corrected chi connectivity index (χ2v) is 5.33. The van der Waals surface area contributed by atoms with Crippen LogP contribution in [0, 0.1) is 0 Å². The van der Waals surface area contributed by atoms with E-state index in [1.165, 1.54) is 0 Å². The Balaban J connectivity index is 2.14. The van der Waals surface area contributed by atoms with Gasteiger partial charge in [0.05, 0.1) is 11.4 Å². The first-order valence-corrected chi connectivity index (χ1v) is 7.12. The van der Waals surface area contributed by atoms with Gasteiger partial charge < -0.3 is 5.32 Å². The number of halogens is 1. The van der Waals surface area contributed by atoms with Gasteiger partial charge in [0.1, 0.15) is 0 Å². The summed E-state index contributed by atoms with van der Waals surface area (Å²) in [6.45, 7) is 2.61. The predicted molar refractivity (Wildman–Crippen MR) is 79.4 cm³/mol. The van der Waals surface area contributed by atoms with E-state index >= 15 is 0 Å². The lowest BCUT2D eigenvalue weighted by Crippen LogP contribution is -2.23. The Morgan fingerprint density at radius 1 is 1.42 bits per heavy atom. The highest BCUT2D eigenvalue weighted by molar-refractivity contribution is 9.10. The van der Waals surface area contributed by atoms with Crippen LogP contribution in [0.5, 0.6) is 0 Å². The summed E-state index contributed by atoms with van der Waals surface area (Å²) in [6, 6.07) is 9.66. The minimum atomic E-state index is -0.162. The third-order valence-corrected chi connectivity index (χ3v) is 3.87. The highest BCUT2D eigenvalue weighted by atomic mass is 79.9. The van der Waals surface area contributed by atoms with Crippen molar-refractivity contribution in [1.29, 1.82) is 0 Å². The van der Waals surface area contributed by atoms with Crippen LogP contribution in [0.1, 0.15) is 18.9 Å². The first-order valence-electron chi connectivity index (χ1n) is 6.21. The fourth-order valence-corrected chi connectivity index (χ4v) is 1.86. The number of hydrogen-bond acceptors (Lipinski definition) is 2. The number of para-hydroxylation sites is 1. The number of carbonyl (C=O) groups is 1. The van der Waals surface area contributed by atoms with Crippen molar-refractivity contribution in [3.05, 3.63) is 48.3 Å². The average molecular weight is 322 g/mol. The molecule has 0 bridgehead atoms. The van der Waals surface area contributed by atoms with Crippen LogP contribution in [0.4, 0.5) is 5.69 Å². The molecule has 1 heterocycles. The van der Waals surface area contributed by atoms with Crippen LogP contribution in [0.2, 0.25) is 0 Å². The first kappa shape index (κ1) is 13.8. The van der Waals surface area contributed by atoms with Gasteiger partial charge >= 0.3 is 0 Å². The van der Waals surface area contributed by atoms with E-state index in [0.717, 1.165) is 17.7 Å². The number of nitrogens with one attached hydrogen (secondary N) is 1. The van der Waals surface area contributed by atoms with Crippen LogP contribution in [0.25, 0.3) is 0 Å². The molecule has 100 valence electrons. The molecule has 1 N–H and O–H groups in total.